The van der Waals surface area contributed by atoms with Gasteiger partial charge in [0.2, 0.25) is 0 Å². The Labute approximate surface area is 329 Å². The summed E-state index contributed by atoms with van der Waals surface area (Å²) in [6.45, 7) is 18.2. The van der Waals surface area contributed by atoms with Crippen LogP contribution in [0.2, 0.25) is 0 Å². The van der Waals surface area contributed by atoms with Crippen molar-refractivity contribution in [1.29, 1.82) is 5.26 Å². The van der Waals surface area contributed by atoms with Gasteiger partial charge in [-0.2, -0.15) is 5.26 Å². The molecule has 0 amide bonds. The third-order valence-corrected chi connectivity index (χ3v) is 14.6. The van der Waals surface area contributed by atoms with Gasteiger partial charge in [-0.3, -0.25) is 0 Å². The molecule has 5 aliphatic carbocycles. The van der Waals surface area contributed by atoms with Gasteiger partial charge in [0, 0.05) is 5.69 Å². The van der Waals surface area contributed by atoms with Crippen molar-refractivity contribution in [2.75, 3.05) is 5.73 Å². The Hall–Kier alpha value is -2.01. The van der Waals surface area contributed by atoms with E-state index in [1.165, 1.54) is 172 Å². The minimum atomic E-state index is 0.101. The number of nitrogens with two attached hydrogens (primary N) is 1. The third-order valence-electron chi connectivity index (χ3n) is 14.6. The number of aryl methyl sites for hydroxylation is 3. The molecule has 0 spiro atoms. The molecular formula is C51H84N2. The molecule has 298 valence electrons. The molecule has 2 heteroatoms. The molecular weight excluding hydrogens is 641 g/mol. The van der Waals surface area contributed by atoms with E-state index in [1.807, 2.05) is 13.8 Å². The van der Waals surface area contributed by atoms with E-state index in [1.54, 1.807) is 27.9 Å². The number of benzene rings is 1. The molecule has 0 unspecified atom stereocenters. The molecule has 1 aromatic rings. The van der Waals surface area contributed by atoms with Gasteiger partial charge in [0.1, 0.15) is 0 Å². The first kappa shape index (κ1) is 43.7. The summed E-state index contributed by atoms with van der Waals surface area (Å²) in [6.07, 6.45) is 37.7. The summed E-state index contributed by atoms with van der Waals surface area (Å²) in [5.74, 6) is 0. The summed E-state index contributed by atoms with van der Waals surface area (Å²) in [5, 5.41) is 9.20. The van der Waals surface area contributed by atoms with Crippen LogP contribution < -0.4 is 5.73 Å². The van der Waals surface area contributed by atoms with Crippen LogP contribution in [-0.2, 0) is 12.8 Å². The highest BCUT2D eigenvalue weighted by molar-refractivity contribution is 5.51. The first-order chi connectivity index (χ1) is 25.4. The Kier molecular flexibility index (Phi) is 16.7. The average molecular weight is 725 g/mol. The highest BCUT2D eigenvalue weighted by Gasteiger charge is 2.42. The van der Waals surface area contributed by atoms with Crippen LogP contribution in [0.5, 0.6) is 0 Å². The predicted octanol–water partition coefficient (Wildman–Crippen LogP) is 16.0. The maximum Gasteiger partial charge on any atom is 0.0689 e. The number of nitrogens with zero attached hydrogens (tertiary/aromatic N) is 1. The second kappa shape index (κ2) is 20.2. The largest absolute Gasteiger partial charge is 0.399 e. The molecule has 0 aliphatic heterocycles. The average Bonchev–Trinajstić information content (AvgIpc) is 3.96. The zero-order valence-electron chi connectivity index (χ0n) is 36.5. The van der Waals surface area contributed by atoms with Crippen LogP contribution in [0.1, 0.15) is 232 Å². The van der Waals surface area contributed by atoms with Crippen LogP contribution in [-0.4, -0.2) is 0 Å². The van der Waals surface area contributed by atoms with E-state index >= 15 is 0 Å². The van der Waals surface area contributed by atoms with Crippen LogP contribution in [0.15, 0.2) is 34.4 Å². The normalized spacial score (nSPS) is 20.8. The molecule has 4 saturated carbocycles. The minimum Gasteiger partial charge on any atom is -0.399 e. The Bertz CT molecular complexity index is 1400. The van der Waals surface area contributed by atoms with Crippen molar-refractivity contribution >= 4 is 5.69 Å². The molecule has 2 nitrogen and oxygen atoms in total. The molecule has 0 atom stereocenters. The minimum absolute atomic E-state index is 0.101. The molecule has 1 aromatic carbocycles. The van der Waals surface area contributed by atoms with E-state index in [-0.39, 0.29) is 5.41 Å². The van der Waals surface area contributed by atoms with Crippen molar-refractivity contribution < 1.29 is 0 Å². The fraction of sp³-hybridized carbons (Fsp3) is 0.784. The van der Waals surface area contributed by atoms with Crippen LogP contribution in [0.4, 0.5) is 5.69 Å². The van der Waals surface area contributed by atoms with Gasteiger partial charge >= 0.3 is 0 Å². The van der Waals surface area contributed by atoms with Crippen molar-refractivity contribution in [3.63, 3.8) is 0 Å². The summed E-state index contributed by atoms with van der Waals surface area (Å²) in [4.78, 5) is 0. The lowest BCUT2D eigenvalue weighted by atomic mass is 9.82. The van der Waals surface area contributed by atoms with Crippen molar-refractivity contribution in [2.45, 2.75) is 235 Å². The SMILES string of the molecule is CC.CC1=C(C)C(CCCCC2(C)CC2)=C(CCCCCC2(C#N)CC2)CC1.Cc1cc(CCCCC2(C)CC2)c(CCCCCC2(C)CC2)cc1N. The number of hydrogen-bond donors (Lipinski definition) is 1. The molecule has 2 N–H and O–H groups in total. The van der Waals surface area contributed by atoms with Gasteiger partial charge in [-0.15, -0.1) is 0 Å². The molecule has 0 radical (unpaired) electrons. The number of hydrogen-bond acceptors (Lipinski definition) is 2. The summed E-state index contributed by atoms with van der Waals surface area (Å²) in [5.41, 5.74) is 20.5. The molecule has 0 heterocycles. The van der Waals surface area contributed by atoms with Crippen LogP contribution in [0, 0.1) is 39.9 Å². The standard InChI is InChI=1S/C25H39N.C24H39N.C2H6/c1-20-11-12-22(9-5-4-7-14-25(19-26)17-18-25)23(21(20)2)10-6-8-13-24(3)15-16-24;1-19-17-20(10-6-8-12-24(3)15-16-24)21(18-22(19)25)9-5-4-7-11-23(2)13-14-23;1-2/h4-18H2,1-3H3;17-18H,4-16,25H2,1-3H3;1-2H3. The van der Waals surface area contributed by atoms with Crippen molar-refractivity contribution in [2.24, 2.45) is 21.7 Å². The Balaban J connectivity index is 0.000000226. The fourth-order valence-electron chi connectivity index (χ4n) is 8.84. The first-order valence-corrected chi connectivity index (χ1v) is 23.0. The second-order valence-electron chi connectivity index (χ2n) is 19.8. The number of anilines is 1. The summed E-state index contributed by atoms with van der Waals surface area (Å²) in [7, 11) is 0. The maximum absolute atomic E-state index is 9.20. The van der Waals surface area contributed by atoms with Gasteiger partial charge in [0.25, 0.3) is 0 Å². The molecule has 0 bridgehead atoms. The highest BCUT2D eigenvalue weighted by Crippen LogP contribution is 2.51. The molecule has 53 heavy (non-hydrogen) atoms. The lowest BCUT2D eigenvalue weighted by Gasteiger charge is -2.24. The molecule has 5 aliphatic rings. The summed E-state index contributed by atoms with van der Waals surface area (Å²) >= 11 is 0. The zero-order chi connectivity index (χ0) is 38.5. The van der Waals surface area contributed by atoms with Gasteiger partial charge in [-0.05, 0) is 212 Å². The van der Waals surface area contributed by atoms with E-state index in [4.69, 9.17) is 5.73 Å². The summed E-state index contributed by atoms with van der Waals surface area (Å²) < 4.78 is 0. The monoisotopic (exact) mass is 725 g/mol. The Morgan fingerprint density at radius 3 is 1.53 bits per heavy atom. The lowest BCUT2D eigenvalue weighted by Crippen LogP contribution is -2.05. The highest BCUT2D eigenvalue weighted by atomic mass is 14.6. The van der Waals surface area contributed by atoms with Crippen LogP contribution in [0.25, 0.3) is 0 Å². The topological polar surface area (TPSA) is 49.8 Å². The predicted molar refractivity (Wildman–Crippen MR) is 232 cm³/mol. The third kappa shape index (κ3) is 14.9. The van der Waals surface area contributed by atoms with E-state index < -0.39 is 0 Å². The Morgan fingerprint density at radius 1 is 0.566 bits per heavy atom. The smallest absolute Gasteiger partial charge is 0.0689 e. The number of unbranched alkanes of at least 4 members (excludes halogenated alkanes) is 6. The number of rotatable bonds is 22. The van der Waals surface area contributed by atoms with Gasteiger partial charge in [-0.1, -0.05) is 90.4 Å². The van der Waals surface area contributed by atoms with Crippen LogP contribution in [0.3, 0.4) is 0 Å². The lowest BCUT2D eigenvalue weighted by molar-refractivity contribution is 0.475. The van der Waals surface area contributed by atoms with Crippen molar-refractivity contribution in [1.82, 2.24) is 0 Å². The number of allylic oxidation sites excluding steroid dienone is 4. The van der Waals surface area contributed by atoms with Gasteiger partial charge < -0.3 is 5.73 Å². The van der Waals surface area contributed by atoms with E-state index in [2.05, 4.69) is 59.7 Å². The maximum atomic E-state index is 9.20. The van der Waals surface area contributed by atoms with E-state index in [0.29, 0.717) is 10.8 Å². The quantitative estimate of drug-likeness (QED) is 0.0956. The van der Waals surface area contributed by atoms with Crippen molar-refractivity contribution in [3.8, 4) is 6.07 Å². The van der Waals surface area contributed by atoms with Gasteiger partial charge in [0.05, 0.1) is 11.5 Å². The van der Waals surface area contributed by atoms with Gasteiger partial charge in [0.15, 0.2) is 0 Å². The molecule has 6 rings (SSSR count). The van der Waals surface area contributed by atoms with E-state index in [9.17, 15) is 5.26 Å². The molecule has 4 fully saturated rings. The van der Waals surface area contributed by atoms with Crippen molar-refractivity contribution in [3.05, 3.63) is 51.1 Å². The number of nitriles is 1. The second-order valence-corrected chi connectivity index (χ2v) is 19.8. The van der Waals surface area contributed by atoms with Gasteiger partial charge in [-0.25, -0.2) is 0 Å². The summed E-state index contributed by atoms with van der Waals surface area (Å²) in [6, 6.07) is 7.18. The van der Waals surface area contributed by atoms with E-state index in [0.717, 1.165) is 30.4 Å². The van der Waals surface area contributed by atoms with Crippen LogP contribution >= 0.6 is 0 Å². The Morgan fingerprint density at radius 2 is 1.02 bits per heavy atom. The first-order valence-electron chi connectivity index (χ1n) is 23.0. The molecule has 0 aromatic heterocycles. The number of nitrogen functional groups attached to an aromatic ring is 1. The molecule has 0 saturated heterocycles. The fourth-order valence-corrected chi connectivity index (χ4v) is 8.84. The zero-order valence-corrected chi connectivity index (χ0v) is 36.5.